The quantitative estimate of drug-likeness (QED) is 0.724. The van der Waals surface area contributed by atoms with Gasteiger partial charge in [-0.05, 0) is 11.0 Å². The number of benzene rings is 1. The third-order valence-electron chi connectivity index (χ3n) is 3.24. The molecule has 1 aromatic rings. The van der Waals surface area contributed by atoms with Gasteiger partial charge in [0.05, 0.1) is 6.54 Å². The molecule has 2 heteroatoms. The Morgan fingerprint density at radius 3 is 2.78 bits per heavy atom. The normalized spacial score (nSPS) is 19.2. The highest BCUT2D eigenvalue weighted by Crippen LogP contribution is 2.25. The predicted octanol–water partition coefficient (Wildman–Crippen LogP) is 3.63. The second-order valence-electron chi connectivity index (χ2n) is 5.53. The van der Waals surface area contributed by atoms with Crippen LogP contribution in [0.15, 0.2) is 48.0 Å². The van der Waals surface area contributed by atoms with Crippen LogP contribution in [0.1, 0.15) is 25.8 Å². The molecule has 1 unspecified atom stereocenters. The van der Waals surface area contributed by atoms with Gasteiger partial charge < -0.3 is 4.74 Å². The molecule has 0 saturated carbocycles. The van der Waals surface area contributed by atoms with Gasteiger partial charge in [0.2, 0.25) is 0 Å². The van der Waals surface area contributed by atoms with E-state index in [9.17, 15) is 0 Å². The van der Waals surface area contributed by atoms with E-state index < -0.39 is 0 Å². The van der Waals surface area contributed by atoms with Crippen molar-refractivity contribution in [1.29, 1.82) is 0 Å². The molecule has 0 amide bonds. The van der Waals surface area contributed by atoms with Gasteiger partial charge >= 0.3 is 0 Å². The molecule has 0 N–H and O–H groups in total. The minimum Gasteiger partial charge on any atom is -0.475 e. The van der Waals surface area contributed by atoms with Crippen LogP contribution in [0, 0.1) is 5.41 Å². The second-order valence-corrected chi connectivity index (χ2v) is 5.53. The van der Waals surface area contributed by atoms with E-state index in [0.29, 0.717) is 0 Å². The largest absolute Gasteiger partial charge is 0.475 e. The summed E-state index contributed by atoms with van der Waals surface area (Å²) in [5.41, 5.74) is 1.36. The Balaban J connectivity index is 1.86. The molecule has 1 aliphatic heterocycles. The lowest BCUT2D eigenvalue weighted by Crippen LogP contribution is -2.19. The van der Waals surface area contributed by atoms with Crippen molar-refractivity contribution < 1.29 is 4.74 Å². The zero-order chi connectivity index (χ0) is 13.0. The summed E-state index contributed by atoms with van der Waals surface area (Å²) in [6.07, 6.45) is 3.93. The molecule has 1 aliphatic rings. The van der Waals surface area contributed by atoms with Crippen LogP contribution in [0.25, 0.3) is 0 Å². The Hall–Kier alpha value is -1.57. The van der Waals surface area contributed by atoms with Crippen LogP contribution in [0.5, 0.6) is 0 Å². The van der Waals surface area contributed by atoms with Gasteiger partial charge in [-0.15, -0.1) is 6.58 Å². The summed E-state index contributed by atoms with van der Waals surface area (Å²) in [5, 5.41) is 0. The van der Waals surface area contributed by atoms with E-state index in [4.69, 9.17) is 4.74 Å². The van der Waals surface area contributed by atoms with Crippen molar-refractivity contribution in [1.82, 2.24) is 0 Å². The summed E-state index contributed by atoms with van der Waals surface area (Å²) in [4.78, 5) is 4.49. The number of nitrogens with zero attached hydrogens (tertiary/aromatic N) is 1. The smallest absolute Gasteiger partial charge is 0.184 e. The molecule has 0 fully saturated rings. The van der Waals surface area contributed by atoms with Crippen molar-refractivity contribution in [3.63, 3.8) is 0 Å². The summed E-state index contributed by atoms with van der Waals surface area (Å²) < 4.78 is 5.91. The molecule has 0 aromatic heterocycles. The maximum atomic E-state index is 5.91. The molecule has 1 aromatic carbocycles. The first-order chi connectivity index (χ1) is 8.59. The van der Waals surface area contributed by atoms with Gasteiger partial charge in [0.25, 0.3) is 0 Å². The lowest BCUT2D eigenvalue weighted by atomic mass is 9.90. The average Bonchev–Trinajstić information content (AvgIpc) is 2.77. The first-order valence-electron chi connectivity index (χ1n) is 6.46. The molecule has 0 spiro atoms. The first-order valence-corrected chi connectivity index (χ1v) is 6.46. The van der Waals surface area contributed by atoms with Gasteiger partial charge in [0.15, 0.2) is 5.90 Å². The Morgan fingerprint density at radius 1 is 1.39 bits per heavy atom. The SMILES string of the molecule is C=CC(C)(C)CC1=NCC(Cc2ccccc2)O1. The lowest BCUT2D eigenvalue weighted by Gasteiger charge is -2.20. The topological polar surface area (TPSA) is 21.6 Å². The van der Waals surface area contributed by atoms with Gasteiger partial charge in [-0.25, -0.2) is 0 Å². The van der Waals surface area contributed by atoms with Crippen LogP contribution in [0.2, 0.25) is 0 Å². The van der Waals surface area contributed by atoms with Crippen LogP contribution in [0.4, 0.5) is 0 Å². The van der Waals surface area contributed by atoms with Crippen LogP contribution in [0.3, 0.4) is 0 Å². The molecule has 0 radical (unpaired) electrons. The maximum absolute atomic E-state index is 5.91. The van der Waals surface area contributed by atoms with Crippen molar-refractivity contribution in [2.75, 3.05) is 6.54 Å². The molecule has 2 nitrogen and oxygen atoms in total. The number of rotatable bonds is 5. The minimum atomic E-state index is 0.0560. The van der Waals surface area contributed by atoms with Gasteiger partial charge in [0, 0.05) is 12.8 Å². The van der Waals surface area contributed by atoms with Gasteiger partial charge in [-0.1, -0.05) is 50.3 Å². The molecule has 1 atom stereocenters. The van der Waals surface area contributed by atoms with Crippen molar-refractivity contribution in [3.05, 3.63) is 48.6 Å². The highest BCUT2D eigenvalue weighted by molar-refractivity contribution is 5.78. The van der Waals surface area contributed by atoms with Crippen molar-refractivity contribution >= 4 is 5.90 Å². The first kappa shape index (κ1) is 12.9. The minimum absolute atomic E-state index is 0.0560. The summed E-state index contributed by atoms with van der Waals surface area (Å²) in [5.74, 6) is 0.876. The zero-order valence-corrected chi connectivity index (χ0v) is 11.2. The van der Waals surface area contributed by atoms with Gasteiger partial charge in [-0.3, -0.25) is 4.99 Å². The average molecular weight is 243 g/mol. The maximum Gasteiger partial charge on any atom is 0.184 e. The van der Waals surface area contributed by atoms with E-state index in [1.54, 1.807) is 0 Å². The number of aliphatic imine (C=N–C) groups is 1. The van der Waals surface area contributed by atoms with Crippen molar-refractivity contribution in [2.45, 2.75) is 32.8 Å². The highest BCUT2D eigenvalue weighted by atomic mass is 16.5. The molecular weight excluding hydrogens is 222 g/mol. The third-order valence-corrected chi connectivity index (χ3v) is 3.24. The van der Waals surface area contributed by atoms with Crippen molar-refractivity contribution in [2.24, 2.45) is 10.4 Å². The number of hydrogen-bond acceptors (Lipinski definition) is 2. The van der Waals surface area contributed by atoms with Crippen LogP contribution in [-0.4, -0.2) is 18.5 Å². The number of ether oxygens (including phenoxy) is 1. The van der Waals surface area contributed by atoms with Crippen LogP contribution < -0.4 is 0 Å². The fraction of sp³-hybridized carbons (Fsp3) is 0.438. The Kier molecular flexibility index (Phi) is 3.85. The molecule has 1 heterocycles. The van der Waals surface area contributed by atoms with Gasteiger partial charge in [0.1, 0.15) is 6.10 Å². The molecular formula is C16H21NO. The van der Waals surface area contributed by atoms with E-state index >= 15 is 0 Å². The monoisotopic (exact) mass is 243 g/mol. The number of hydrogen-bond donors (Lipinski definition) is 0. The van der Waals surface area contributed by atoms with Gasteiger partial charge in [-0.2, -0.15) is 0 Å². The third kappa shape index (κ3) is 3.46. The predicted molar refractivity (Wildman–Crippen MR) is 75.9 cm³/mol. The van der Waals surface area contributed by atoms with E-state index in [1.807, 2.05) is 12.1 Å². The summed E-state index contributed by atoms with van der Waals surface area (Å²) in [6.45, 7) is 8.92. The van der Waals surface area contributed by atoms with E-state index in [0.717, 1.165) is 25.3 Å². The Labute approximate surface area is 109 Å². The standard InChI is InChI=1S/C16H21NO/c1-4-16(2,3)11-15-17-12-14(18-15)10-13-8-6-5-7-9-13/h4-9,14H,1,10-12H2,2-3H3. The fourth-order valence-electron chi connectivity index (χ4n) is 2.01. The van der Waals surface area contributed by atoms with E-state index in [-0.39, 0.29) is 11.5 Å². The van der Waals surface area contributed by atoms with Crippen LogP contribution in [-0.2, 0) is 11.2 Å². The summed E-state index contributed by atoms with van der Waals surface area (Å²) in [6, 6.07) is 10.4. The van der Waals surface area contributed by atoms with Crippen LogP contribution >= 0.6 is 0 Å². The summed E-state index contributed by atoms with van der Waals surface area (Å²) in [7, 11) is 0. The molecule has 96 valence electrons. The second kappa shape index (κ2) is 5.38. The molecule has 2 rings (SSSR count). The molecule has 0 aliphatic carbocycles. The summed E-state index contributed by atoms with van der Waals surface area (Å²) >= 11 is 0. The molecule has 0 bridgehead atoms. The van der Waals surface area contributed by atoms with E-state index in [1.165, 1.54) is 5.56 Å². The molecule has 0 saturated heterocycles. The Bertz CT molecular complexity index is 434. The van der Waals surface area contributed by atoms with E-state index in [2.05, 4.69) is 49.7 Å². The number of allylic oxidation sites excluding steroid dienone is 1. The lowest BCUT2D eigenvalue weighted by molar-refractivity contribution is 0.213. The highest BCUT2D eigenvalue weighted by Gasteiger charge is 2.24. The zero-order valence-electron chi connectivity index (χ0n) is 11.2. The Morgan fingerprint density at radius 2 is 2.11 bits per heavy atom. The molecule has 18 heavy (non-hydrogen) atoms. The fourth-order valence-corrected chi connectivity index (χ4v) is 2.01. The van der Waals surface area contributed by atoms with Crippen molar-refractivity contribution in [3.8, 4) is 0 Å².